The van der Waals surface area contributed by atoms with Gasteiger partial charge in [-0.2, -0.15) is 5.10 Å². The number of carbonyl (C=O) groups excluding carboxylic acids is 1. The van der Waals surface area contributed by atoms with Crippen LogP contribution in [0.1, 0.15) is 52.9 Å². The van der Waals surface area contributed by atoms with E-state index in [4.69, 9.17) is 0 Å². The maximum atomic E-state index is 12.4. The number of carbonyl (C=O) groups is 1. The molecule has 3 nitrogen and oxygen atoms in total. The molecular weight excluding hydrogens is 324 g/mol. The molecule has 0 bridgehead atoms. The summed E-state index contributed by atoms with van der Waals surface area (Å²) >= 11 is 3.32. The standard InChI is InChI=1S/C18H22N2OS2/c1-18(2,3)12-6-7-14-15(11-23-16(14)9-12)17(21)20-19-10-13-5-4-8-22-13/h4-5,8,10-12H,6-7,9H2,1-3H3,(H,20,21)/t12-/m0/s1. The molecule has 0 spiro atoms. The molecule has 0 fully saturated rings. The van der Waals surface area contributed by atoms with Crippen LogP contribution < -0.4 is 5.43 Å². The quantitative estimate of drug-likeness (QED) is 0.634. The van der Waals surface area contributed by atoms with Gasteiger partial charge < -0.3 is 0 Å². The number of hydrazone groups is 1. The van der Waals surface area contributed by atoms with Crippen LogP contribution in [0.2, 0.25) is 0 Å². The minimum absolute atomic E-state index is 0.0930. The van der Waals surface area contributed by atoms with Crippen molar-refractivity contribution in [1.82, 2.24) is 5.43 Å². The molecule has 1 amide bonds. The van der Waals surface area contributed by atoms with Crippen molar-refractivity contribution in [3.63, 3.8) is 0 Å². The molecular formula is C18H22N2OS2. The van der Waals surface area contributed by atoms with Crippen molar-refractivity contribution in [2.45, 2.75) is 40.0 Å². The van der Waals surface area contributed by atoms with E-state index in [0.29, 0.717) is 11.3 Å². The lowest BCUT2D eigenvalue weighted by molar-refractivity contribution is 0.0954. The lowest BCUT2D eigenvalue weighted by atomic mass is 9.72. The molecule has 0 unspecified atom stereocenters. The predicted molar refractivity (Wildman–Crippen MR) is 98.7 cm³/mol. The van der Waals surface area contributed by atoms with Crippen molar-refractivity contribution in [2.75, 3.05) is 0 Å². The predicted octanol–water partition coefficient (Wildman–Crippen LogP) is 4.72. The molecule has 5 heteroatoms. The van der Waals surface area contributed by atoms with Crippen LogP contribution in [0.15, 0.2) is 28.0 Å². The first-order valence-electron chi connectivity index (χ1n) is 7.91. The molecule has 0 aliphatic heterocycles. The van der Waals surface area contributed by atoms with Gasteiger partial charge in [0.25, 0.3) is 5.91 Å². The zero-order valence-electron chi connectivity index (χ0n) is 13.8. The third kappa shape index (κ3) is 3.72. The van der Waals surface area contributed by atoms with Gasteiger partial charge in [-0.3, -0.25) is 4.79 Å². The summed E-state index contributed by atoms with van der Waals surface area (Å²) < 4.78 is 0. The van der Waals surface area contributed by atoms with Crippen molar-refractivity contribution in [2.24, 2.45) is 16.4 Å². The number of rotatable bonds is 3. The molecule has 2 heterocycles. The summed E-state index contributed by atoms with van der Waals surface area (Å²) in [6, 6.07) is 3.94. The number of nitrogens with zero attached hydrogens (tertiary/aromatic N) is 1. The van der Waals surface area contributed by atoms with E-state index in [1.165, 1.54) is 10.4 Å². The Morgan fingerprint density at radius 2 is 2.22 bits per heavy atom. The molecule has 0 saturated heterocycles. The Morgan fingerprint density at radius 1 is 1.39 bits per heavy atom. The zero-order chi connectivity index (χ0) is 16.4. The van der Waals surface area contributed by atoms with Gasteiger partial charge in [0, 0.05) is 15.1 Å². The highest BCUT2D eigenvalue weighted by Gasteiger charge is 2.31. The fourth-order valence-corrected chi connectivity index (χ4v) is 4.77. The van der Waals surface area contributed by atoms with Crippen molar-refractivity contribution < 1.29 is 4.79 Å². The Labute approximate surface area is 145 Å². The van der Waals surface area contributed by atoms with Gasteiger partial charge in [-0.25, -0.2) is 5.43 Å². The van der Waals surface area contributed by atoms with Gasteiger partial charge in [0.2, 0.25) is 0 Å². The van der Waals surface area contributed by atoms with E-state index in [2.05, 4.69) is 31.3 Å². The molecule has 1 aliphatic carbocycles. The van der Waals surface area contributed by atoms with Crippen LogP contribution in [0.25, 0.3) is 0 Å². The van der Waals surface area contributed by atoms with E-state index in [0.717, 1.165) is 29.7 Å². The molecule has 0 saturated carbocycles. The number of hydrogen-bond donors (Lipinski definition) is 1. The van der Waals surface area contributed by atoms with E-state index in [-0.39, 0.29) is 5.91 Å². The van der Waals surface area contributed by atoms with Crippen LogP contribution in [0.5, 0.6) is 0 Å². The zero-order valence-corrected chi connectivity index (χ0v) is 15.4. The first kappa shape index (κ1) is 16.4. The fraction of sp³-hybridized carbons (Fsp3) is 0.444. The second-order valence-electron chi connectivity index (χ2n) is 7.07. The summed E-state index contributed by atoms with van der Waals surface area (Å²) in [5.74, 6) is 0.603. The topological polar surface area (TPSA) is 41.5 Å². The summed E-state index contributed by atoms with van der Waals surface area (Å²) in [7, 11) is 0. The van der Waals surface area contributed by atoms with E-state index < -0.39 is 0 Å². The van der Waals surface area contributed by atoms with Gasteiger partial charge >= 0.3 is 0 Å². The Hall–Kier alpha value is -1.46. The normalized spacial score (nSPS) is 18.1. The lowest BCUT2D eigenvalue weighted by Gasteiger charge is -2.33. The first-order valence-corrected chi connectivity index (χ1v) is 9.67. The third-order valence-corrected chi connectivity index (χ3v) is 6.38. The van der Waals surface area contributed by atoms with E-state index in [1.807, 2.05) is 22.9 Å². The molecule has 2 aromatic rings. The Kier molecular flexibility index (Phi) is 4.69. The molecule has 2 aromatic heterocycles. The average Bonchev–Trinajstić information content (AvgIpc) is 3.14. The van der Waals surface area contributed by atoms with Crippen molar-refractivity contribution in [3.05, 3.63) is 43.8 Å². The SMILES string of the molecule is CC(C)(C)[C@H]1CCc2c(C(=O)NN=Cc3cccs3)csc2C1. The number of nitrogens with one attached hydrogen (secondary N) is 1. The Morgan fingerprint density at radius 3 is 2.91 bits per heavy atom. The number of fused-ring (bicyclic) bond motifs is 1. The van der Waals surface area contributed by atoms with E-state index >= 15 is 0 Å². The number of amides is 1. The highest BCUT2D eigenvalue weighted by atomic mass is 32.1. The maximum Gasteiger partial charge on any atom is 0.272 e. The Bertz CT molecular complexity index is 708. The molecule has 23 heavy (non-hydrogen) atoms. The number of hydrogen-bond acceptors (Lipinski definition) is 4. The van der Waals surface area contributed by atoms with Gasteiger partial charge in [0.1, 0.15) is 0 Å². The van der Waals surface area contributed by atoms with Crippen molar-refractivity contribution >= 4 is 34.8 Å². The second kappa shape index (κ2) is 6.57. The van der Waals surface area contributed by atoms with E-state index in [9.17, 15) is 4.79 Å². The fourth-order valence-electron chi connectivity index (χ4n) is 3.02. The van der Waals surface area contributed by atoms with Crippen LogP contribution in [-0.4, -0.2) is 12.1 Å². The van der Waals surface area contributed by atoms with Crippen molar-refractivity contribution in [1.29, 1.82) is 0 Å². The summed E-state index contributed by atoms with van der Waals surface area (Å²) in [6.45, 7) is 6.93. The summed E-state index contributed by atoms with van der Waals surface area (Å²) in [5.41, 5.74) is 5.03. The van der Waals surface area contributed by atoms with Gasteiger partial charge in [-0.05, 0) is 47.6 Å². The molecule has 1 N–H and O–H groups in total. The summed E-state index contributed by atoms with van der Waals surface area (Å²) in [4.78, 5) is 14.8. The smallest absolute Gasteiger partial charge is 0.267 e. The molecule has 1 atom stereocenters. The van der Waals surface area contributed by atoms with Crippen LogP contribution in [0.4, 0.5) is 0 Å². The monoisotopic (exact) mass is 346 g/mol. The molecule has 3 rings (SSSR count). The largest absolute Gasteiger partial charge is 0.272 e. The van der Waals surface area contributed by atoms with Crippen LogP contribution in [0.3, 0.4) is 0 Å². The lowest BCUT2D eigenvalue weighted by Crippen LogP contribution is -2.27. The third-order valence-electron chi connectivity index (χ3n) is 4.53. The Balaban J connectivity index is 1.68. The molecule has 1 aliphatic rings. The van der Waals surface area contributed by atoms with Gasteiger partial charge in [-0.15, -0.1) is 22.7 Å². The van der Waals surface area contributed by atoms with Gasteiger partial charge in [-0.1, -0.05) is 26.8 Å². The average molecular weight is 347 g/mol. The summed E-state index contributed by atoms with van der Waals surface area (Å²) in [6.07, 6.45) is 4.94. The highest BCUT2D eigenvalue weighted by Crippen LogP contribution is 2.40. The minimum atomic E-state index is -0.0930. The van der Waals surface area contributed by atoms with Crippen molar-refractivity contribution in [3.8, 4) is 0 Å². The highest BCUT2D eigenvalue weighted by molar-refractivity contribution is 7.11. The van der Waals surface area contributed by atoms with Gasteiger partial charge in [0.15, 0.2) is 0 Å². The van der Waals surface area contributed by atoms with Crippen LogP contribution >= 0.6 is 22.7 Å². The second-order valence-corrected chi connectivity index (χ2v) is 9.01. The van der Waals surface area contributed by atoms with Crippen LogP contribution in [-0.2, 0) is 12.8 Å². The van der Waals surface area contributed by atoms with Gasteiger partial charge in [0.05, 0.1) is 11.8 Å². The summed E-state index contributed by atoms with van der Waals surface area (Å²) in [5, 5.41) is 8.05. The van der Waals surface area contributed by atoms with E-state index in [1.54, 1.807) is 28.9 Å². The van der Waals surface area contributed by atoms with Crippen LogP contribution in [0, 0.1) is 11.3 Å². The first-order chi connectivity index (χ1) is 10.9. The molecule has 0 radical (unpaired) electrons. The maximum absolute atomic E-state index is 12.4. The molecule has 122 valence electrons. The number of thiophene rings is 2. The minimum Gasteiger partial charge on any atom is -0.267 e. The molecule has 0 aromatic carbocycles.